The van der Waals surface area contributed by atoms with Crippen LogP contribution >= 0.6 is 15.9 Å². The molecule has 1 nitrogen and oxygen atoms in total. The van der Waals surface area contributed by atoms with Gasteiger partial charge in [0.1, 0.15) is 0 Å². The summed E-state index contributed by atoms with van der Waals surface area (Å²) in [5.74, 6) is 0.771. The second-order valence-corrected chi connectivity index (χ2v) is 6.03. The lowest BCUT2D eigenvalue weighted by atomic mass is 9.94. The first-order valence-electron chi connectivity index (χ1n) is 6.91. The van der Waals surface area contributed by atoms with Crippen molar-refractivity contribution in [1.82, 2.24) is 0 Å². The predicted octanol–water partition coefficient (Wildman–Crippen LogP) is 5.37. The van der Waals surface area contributed by atoms with E-state index in [1.807, 2.05) is 0 Å². The van der Waals surface area contributed by atoms with E-state index in [4.69, 9.17) is 0 Å². The van der Waals surface area contributed by atoms with Crippen molar-refractivity contribution in [3.8, 4) is 0 Å². The first-order chi connectivity index (χ1) is 9.34. The highest BCUT2D eigenvalue weighted by atomic mass is 79.9. The number of halogens is 1. The Morgan fingerprint density at radius 1 is 1.05 bits per heavy atom. The standard InChI is InChI=1S/C17H18BrN/c18-16-10-11-17(15-9-5-4-8-14(15)16)19-12-13-6-2-1-3-7-13/h1-2,4-5,8-11,13,19H,3,6-7,12H2. The van der Waals surface area contributed by atoms with E-state index in [0.29, 0.717) is 0 Å². The molecule has 1 atom stereocenters. The fourth-order valence-electron chi connectivity index (χ4n) is 2.71. The van der Waals surface area contributed by atoms with Crippen molar-refractivity contribution in [2.24, 2.45) is 5.92 Å². The van der Waals surface area contributed by atoms with Crippen LogP contribution < -0.4 is 5.32 Å². The summed E-state index contributed by atoms with van der Waals surface area (Å²) in [7, 11) is 0. The van der Waals surface area contributed by atoms with Gasteiger partial charge in [-0.15, -0.1) is 0 Å². The van der Waals surface area contributed by atoms with Gasteiger partial charge in [0, 0.05) is 22.1 Å². The third kappa shape index (κ3) is 2.84. The van der Waals surface area contributed by atoms with Crippen LogP contribution in [0.15, 0.2) is 53.0 Å². The van der Waals surface area contributed by atoms with Gasteiger partial charge in [0.2, 0.25) is 0 Å². The molecule has 2 heteroatoms. The normalized spacial score (nSPS) is 18.7. The zero-order chi connectivity index (χ0) is 13.1. The molecular weight excluding hydrogens is 298 g/mol. The number of anilines is 1. The minimum atomic E-state index is 0.771. The zero-order valence-electron chi connectivity index (χ0n) is 10.9. The molecule has 2 aromatic carbocycles. The Hall–Kier alpha value is -1.28. The van der Waals surface area contributed by atoms with E-state index in [9.17, 15) is 0 Å². The summed E-state index contributed by atoms with van der Waals surface area (Å²) >= 11 is 3.62. The highest BCUT2D eigenvalue weighted by molar-refractivity contribution is 9.10. The Morgan fingerprint density at radius 2 is 1.89 bits per heavy atom. The molecule has 1 N–H and O–H groups in total. The molecule has 3 rings (SSSR count). The highest BCUT2D eigenvalue weighted by Gasteiger charge is 2.10. The molecule has 0 bridgehead atoms. The number of benzene rings is 2. The lowest BCUT2D eigenvalue weighted by molar-refractivity contribution is 0.504. The smallest absolute Gasteiger partial charge is 0.0420 e. The zero-order valence-corrected chi connectivity index (χ0v) is 12.5. The van der Waals surface area contributed by atoms with E-state index in [1.165, 1.54) is 35.7 Å². The van der Waals surface area contributed by atoms with Crippen molar-refractivity contribution < 1.29 is 0 Å². The summed E-state index contributed by atoms with van der Waals surface area (Å²) in [5, 5.41) is 6.20. The lowest BCUT2D eigenvalue weighted by Crippen LogP contribution is -2.15. The van der Waals surface area contributed by atoms with Crippen LogP contribution in [-0.4, -0.2) is 6.54 Å². The van der Waals surface area contributed by atoms with Crippen LogP contribution in [0.5, 0.6) is 0 Å². The van der Waals surface area contributed by atoms with Crippen molar-refractivity contribution >= 4 is 32.4 Å². The van der Waals surface area contributed by atoms with Crippen molar-refractivity contribution in [1.29, 1.82) is 0 Å². The van der Waals surface area contributed by atoms with Crippen molar-refractivity contribution in [2.45, 2.75) is 19.3 Å². The number of hydrogen-bond acceptors (Lipinski definition) is 1. The third-order valence-electron chi connectivity index (χ3n) is 3.83. The number of hydrogen-bond donors (Lipinski definition) is 1. The van der Waals surface area contributed by atoms with Crippen molar-refractivity contribution in [2.75, 3.05) is 11.9 Å². The summed E-state index contributed by atoms with van der Waals surface area (Å²) in [6, 6.07) is 12.8. The molecule has 0 radical (unpaired) electrons. The second-order valence-electron chi connectivity index (χ2n) is 5.17. The summed E-state index contributed by atoms with van der Waals surface area (Å²) in [6.45, 7) is 1.07. The van der Waals surface area contributed by atoms with E-state index in [0.717, 1.165) is 16.9 Å². The van der Waals surface area contributed by atoms with Gasteiger partial charge in [-0.1, -0.05) is 52.3 Å². The third-order valence-corrected chi connectivity index (χ3v) is 4.52. The first kappa shape index (κ1) is 12.7. The monoisotopic (exact) mass is 315 g/mol. The molecule has 0 fully saturated rings. The molecule has 0 saturated carbocycles. The number of fused-ring (bicyclic) bond motifs is 1. The molecule has 1 aliphatic carbocycles. The van der Waals surface area contributed by atoms with E-state index in [-0.39, 0.29) is 0 Å². The highest BCUT2D eigenvalue weighted by Crippen LogP contribution is 2.30. The fraction of sp³-hybridized carbons (Fsp3) is 0.294. The molecule has 0 aromatic heterocycles. The van der Waals surface area contributed by atoms with Gasteiger partial charge in [-0.2, -0.15) is 0 Å². The molecule has 98 valence electrons. The quantitative estimate of drug-likeness (QED) is 0.751. The van der Waals surface area contributed by atoms with Gasteiger partial charge in [0.25, 0.3) is 0 Å². The number of rotatable bonds is 3. The molecule has 0 amide bonds. The van der Waals surface area contributed by atoms with Gasteiger partial charge in [0.15, 0.2) is 0 Å². The lowest BCUT2D eigenvalue weighted by Gasteiger charge is -2.19. The van der Waals surface area contributed by atoms with E-state index in [1.54, 1.807) is 0 Å². The number of nitrogens with one attached hydrogen (secondary N) is 1. The predicted molar refractivity (Wildman–Crippen MR) is 86.6 cm³/mol. The Balaban J connectivity index is 1.81. The Kier molecular flexibility index (Phi) is 3.88. The molecular formula is C17H18BrN. The molecule has 1 unspecified atom stereocenters. The Bertz CT molecular complexity index is 603. The molecule has 19 heavy (non-hydrogen) atoms. The van der Waals surface area contributed by atoms with Gasteiger partial charge < -0.3 is 5.32 Å². The van der Waals surface area contributed by atoms with Crippen molar-refractivity contribution in [3.63, 3.8) is 0 Å². The van der Waals surface area contributed by atoms with Crippen LogP contribution in [0.4, 0.5) is 5.69 Å². The van der Waals surface area contributed by atoms with Crippen LogP contribution in [0.1, 0.15) is 19.3 Å². The SMILES string of the molecule is Brc1ccc(NCC2CC=CCC2)c2ccccc12. The van der Waals surface area contributed by atoms with Gasteiger partial charge in [-0.05, 0) is 42.7 Å². The van der Waals surface area contributed by atoms with Gasteiger partial charge in [-0.3, -0.25) is 0 Å². The largest absolute Gasteiger partial charge is 0.384 e. The minimum Gasteiger partial charge on any atom is -0.384 e. The Labute approximate surface area is 122 Å². The summed E-state index contributed by atoms with van der Waals surface area (Å²) in [5.41, 5.74) is 1.24. The van der Waals surface area contributed by atoms with E-state index in [2.05, 4.69) is 69.8 Å². The molecule has 0 aliphatic heterocycles. The van der Waals surface area contributed by atoms with Crippen LogP contribution in [0.3, 0.4) is 0 Å². The maximum Gasteiger partial charge on any atom is 0.0420 e. The van der Waals surface area contributed by atoms with Crippen LogP contribution in [-0.2, 0) is 0 Å². The van der Waals surface area contributed by atoms with Crippen LogP contribution in [0.2, 0.25) is 0 Å². The van der Waals surface area contributed by atoms with Crippen LogP contribution in [0.25, 0.3) is 10.8 Å². The summed E-state index contributed by atoms with van der Waals surface area (Å²) in [4.78, 5) is 0. The maximum absolute atomic E-state index is 3.63. The summed E-state index contributed by atoms with van der Waals surface area (Å²) < 4.78 is 1.16. The average molecular weight is 316 g/mol. The van der Waals surface area contributed by atoms with E-state index >= 15 is 0 Å². The molecule has 2 aromatic rings. The fourth-order valence-corrected chi connectivity index (χ4v) is 3.19. The maximum atomic E-state index is 3.63. The Morgan fingerprint density at radius 3 is 2.68 bits per heavy atom. The topological polar surface area (TPSA) is 12.0 Å². The van der Waals surface area contributed by atoms with Crippen LogP contribution in [0, 0.1) is 5.92 Å². The van der Waals surface area contributed by atoms with Gasteiger partial charge in [0.05, 0.1) is 0 Å². The van der Waals surface area contributed by atoms with Gasteiger partial charge in [-0.25, -0.2) is 0 Å². The van der Waals surface area contributed by atoms with Gasteiger partial charge >= 0.3 is 0 Å². The molecule has 0 spiro atoms. The molecule has 0 saturated heterocycles. The minimum absolute atomic E-state index is 0.771. The molecule has 1 aliphatic rings. The summed E-state index contributed by atoms with van der Waals surface area (Å²) in [6.07, 6.45) is 8.36. The second kappa shape index (κ2) is 5.79. The van der Waals surface area contributed by atoms with E-state index < -0.39 is 0 Å². The van der Waals surface area contributed by atoms with Crippen molar-refractivity contribution in [3.05, 3.63) is 53.0 Å². The average Bonchev–Trinajstić information content (AvgIpc) is 2.48. The first-order valence-corrected chi connectivity index (χ1v) is 7.70. The molecule has 0 heterocycles. The number of allylic oxidation sites excluding steroid dienone is 2.